The monoisotopic (exact) mass is 383 g/mol. The van der Waals surface area contributed by atoms with Gasteiger partial charge in [0.15, 0.2) is 0 Å². The fourth-order valence-electron chi connectivity index (χ4n) is 3.62. The Morgan fingerprint density at radius 3 is 2.41 bits per heavy atom. The minimum atomic E-state index is -4.62. The van der Waals surface area contributed by atoms with Crippen molar-refractivity contribution in [1.29, 1.82) is 0 Å². The minimum absolute atomic E-state index is 0.0412. The third kappa shape index (κ3) is 3.38. The predicted molar refractivity (Wildman–Crippen MR) is 91.4 cm³/mol. The second-order valence-electron chi connectivity index (χ2n) is 7.15. The predicted octanol–water partition coefficient (Wildman–Crippen LogP) is 3.76. The number of alkyl halides is 3. The molecule has 1 aliphatic carbocycles. The highest BCUT2D eigenvalue weighted by Crippen LogP contribution is 2.34. The SMILES string of the molecule is CC(C)n1c(C(F)(F)F)nc2cc(C(=O)NC3(C(=O)O)CCCC3)ccc21. The zero-order chi connectivity index (χ0) is 20.0. The number of carboxylic acids is 1. The summed E-state index contributed by atoms with van der Waals surface area (Å²) in [5, 5.41) is 12.0. The van der Waals surface area contributed by atoms with Gasteiger partial charge in [-0.15, -0.1) is 0 Å². The van der Waals surface area contributed by atoms with Crippen molar-refractivity contribution in [1.82, 2.24) is 14.9 Å². The van der Waals surface area contributed by atoms with Gasteiger partial charge < -0.3 is 15.0 Å². The van der Waals surface area contributed by atoms with Crippen molar-refractivity contribution < 1.29 is 27.9 Å². The standard InChI is InChI=1S/C18H20F3N3O3/c1-10(2)24-13-6-5-11(9-12(13)22-15(24)18(19,20)21)14(25)23-17(16(26)27)7-3-4-8-17/h5-6,9-10H,3-4,7-8H2,1-2H3,(H,23,25)(H,26,27). The van der Waals surface area contributed by atoms with Crippen LogP contribution in [0.3, 0.4) is 0 Å². The van der Waals surface area contributed by atoms with Gasteiger partial charge >= 0.3 is 12.1 Å². The molecule has 27 heavy (non-hydrogen) atoms. The first-order valence-corrected chi connectivity index (χ1v) is 8.70. The van der Waals surface area contributed by atoms with E-state index in [1.54, 1.807) is 13.8 Å². The lowest BCUT2D eigenvalue weighted by Crippen LogP contribution is -2.52. The molecule has 1 saturated carbocycles. The normalized spacial score (nSPS) is 16.8. The highest BCUT2D eigenvalue weighted by atomic mass is 19.4. The number of nitrogens with zero attached hydrogens (tertiary/aromatic N) is 2. The van der Waals surface area contributed by atoms with Crippen LogP contribution in [0.2, 0.25) is 0 Å². The maximum atomic E-state index is 13.3. The molecule has 1 aromatic carbocycles. The van der Waals surface area contributed by atoms with E-state index in [1.165, 1.54) is 18.2 Å². The lowest BCUT2D eigenvalue weighted by molar-refractivity contribution is -0.147. The highest BCUT2D eigenvalue weighted by molar-refractivity contribution is 6.00. The molecule has 3 rings (SSSR count). The number of carbonyl (C=O) groups is 2. The summed E-state index contributed by atoms with van der Waals surface area (Å²) in [7, 11) is 0. The Hall–Kier alpha value is -2.58. The highest BCUT2D eigenvalue weighted by Gasteiger charge is 2.43. The molecular weight excluding hydrogens is 363 g/mol. The summed E-state index contributed by atoms with van der Waals surface area (Å²) >= 11 is 0. The van der Waals surface area contributed by atoms with Gasteiger partial charge in [-0.2, -0.15) is 13.2 Å². The van der Waals surface area contributed by atoms with Crippen LogP contribution in [0.4, 0.5) is 13.2 Å². The molecule has 2 aromatic rings. The van der Waals surface area contributed by atoms with E-state index in [0.717, 1.165) is 4.57 Å². The Kier molecular flexibility index (Phi) is 4.65. The van der Waals surface area contributed by atoms with E-state index in [0.29, 0.717) is 25.7 Å². The molecule has 0 bridgehead atoms. The molecule has 0 saturated heterocycles. The van der Waals surface area contributed by atoms with Crippen molar-refractivity contribution in [2.24, 2.45) is 0 Å². The lowest BCUT2D eigenvalue weighted by atomic mass is 9.97. The van der Waals surface area contributed by atoms with Crippen molar-refractivity contribution >= 4 is 22.9 Å². The molecule has 1 aromatic heterocycles. The number of fused-ring (bicyclic) bond motifs is 1. The van der Waals surface area contributed by atoms with Crippen molar-refractivity contribution in [3.05, 3.63) is 29.6 Å². The third-order valence-corrected chi connectivity index (χ3v) is 4.94. The first-order valence-electron chi connectivity index (χ1n) is 8.70. The second kappa shape index (κ2) is 6.54. The number of hydrogen-bond acceptors (Lipinski definition) is 3. The fraction of sp³-hybridized carbons (Fsp3) is 0.500. The summed E-state index contributed by atoms with van der Waals surface area (Å²) in [6, 6.07) is 3.60. The molecule has 0 spiro atoms. The molecule has 2 N–H and O–H groups in total. The molecule has 1 fully saturated rings. The van der Waals surface area contributed by atoms with Crippen LogP contribution in [-0.4, -0.2) is 32.1 Å². The topological polar surface area (TPSA) is 84.2 Å². The Morgan fingerprint density at radius 1 is 1.26 bits per heavy atom. The fourth-order valence-corrected chi connectivity index (χ4v) is 3.62. The van der Waals surface area contributed by atoms with Crippen LogP contribution in [0.5, 0.6) is 0 Å². The van der Waals surface area contributed by atoms with Gasteiger partial charge in [0.05, 0.1) is 11.0 Å². The van der Waals surface area contributed by atoms with Gasteiger partial charge in [0.25, 0.3) is 5.91 Å². The number of aliphatic carboxylic acids is 1. The van der Waals surface area contributed by atoms with Crippen LogP contribution in [0.25, 0.3) is 11.0 Å². The minimum Gasteiger partial charge on any atom is -0.480 e. The smallest absolute Gasteiger partial charge is 0.449 e. The maximum absolute atomic E-state index is 13.3. The van der Waals surface area contributed by atoms with E-state index in [1.807, 2.05) is 0 Å². The van der Waals surface area contributed by atoms with Gasteiger partial charge in [-0.1, -0.05) is 12.8 Å². The maximum Gasteiger partial charge on any atom is 0.449 e. The van der Waals surface area contributed by atoms with Crippen LogP contribution in [0.1, 0.15) is 61.8 Å². The van der Waals surface area contributed by atoms with Crippen molar-refractivity contribution in [2.45, 2.75) is 57.3 Å². The summed E-state index contributed by atoms with van der Waals surface area (Å²) in [6.07, 6.45) is -2.57. The Labute approximate surface area is 153 Å². The average Bonchev–Trinajstić information content (AvgIpc) is 3.18. The second-order valence-corrected chi connectivity index (χ2v) is 7.15. The molecule has 146 valence electrons. The van der Waals surface area contributed by atoms with Gasteiger partial charge in [0.2, 0.25) is 5.82 Å². The summed E-state index contributed by atoms with van der Waals surface area (Å²) in [6.45, 7) is 3.24. The first kappa shape index (κ1) is 19.2. The van der Waals surface area contributed by atoms with Crippen LogP contribution in [-0.2, 0) is 11.0 Å². The Bertz CT molecular complexity index is 896. The average molecular weight is 383 g/mol. The molecule has 1 amide bonds. The van der Waals surface area contributed by atoms with Crippen LogP contribution in [0, 0.1) is 0 Å². The number of rotatable bonds is 4. The van der Waals surface area contributed by atoms with Crippen LogP contribution in [0.15, 0.2) is 18.2 Å². The molecule has 0 unspecified atom stereocenters. The number of imidazole rings is 1. The molecule has 6 nitrogen and oxygen atoms in total. The Balaban J connectivity index is 1.99. The molecule has 0 atom stereocenters. The van der Waals surface area contributed by atoms with Gasteiger partial charge in [0, 0.05) is 11.6 Å². The van der Waals surface area contributed by atoms with Gasteiger partial charge in [-0.25, -0.2) is 9.78 Å². The van der Waals surface area contributed by atoms with E-state index in [4.69, 9.17) is 0 Å². The summed E-state index contributed by atoms with van der Waals surface area (Å²) in [5.74, 6) is -2.76. The first-order chi connectivity index (χ1) is 12.5. The number of amides is 1. The van der Waals surface area contributed by atoms with E-state index >= 15 is 0 Å². The van der Waals surface area contributed by atoms with E-state index in [2.05, 4.69) is 10.3 Å². The number of hydrogen-bond donors (Lipinski definition) is 2. The van der Waals surface area contributed by atoms with Crippen molar-refractivity contribution in [2.75, 3.05) is 0 Å². The molecule has 1 heterocycles. The summed E-state index contributed by atoms with van der Waals surface area (Å²) in [4.78, 5) is 27.8. The van der Waals surface area contributed by atoms with Crippen LogP contribution < -0.4 is 5.32 Å². The molecule has 0 radical (unpaired) electrons. The largest absolute Gasteiger partial charge is 0.480 e. The quantitative estimate of drug-likeness (QED) is 0.842. The van der Waals surface area contributed by atoms with Crippen LogP contribution >= 0.6 is 0 Å². The molecule has 0 aliphatic heterocycles. The van der Waals surface area contributed by atoms with E-state index in [9.17, 15) is 27.9 Å². The van der Waals surface area contributed by atoms with Gasteiger partial charge in [0.1, 0.15) is 5.54 Å². The van der Waals surface area contributed by atoms with Gasteiger partial charge in [-0.3, -0.25) is 4.79 Å². The summed E-state index contributed by atoms with van der Waals surface area (Å²) in [5.41, 5.74) is -0.931. The van der Waals surface area contributed by atoms with E-state index < -0.39 is 35.5 Å². The number of benzene rings is 1. The van der Waals surface area contributed by atoms with Crippen molar-refractivity contribution in [3.63, 3.8) is 0 Å². The van der Waals surface area contributed by atoms with Gasteiger partial charge in [-0.05, 0) is 44.9 Å². The zero-order valence-corrected chi connectivity index (χ0v) is 14.9. The molecule has 1 aliphatic rings. The number of carboxylic acid groups (broad SMARTS) is 1. The number of aromatic nitrogens is 2. The number of halogens is 3. The molecule has 9 heteroatoms. The van der Waals surface area contributed by atoms with Crippen molar-refractivity contribution in [3.8, 4) is 0 Å². The van der Waals surface area contributed by atoms with E-state index in [-0.39, 0.29) is 16.6 Å². The molecular formula is C18H20F3N3O3. The number of carbonyl (C=O) groups excluding carboxylic acids is 1. The lowest BCUT2D eigenvalue weighted by Gasteiger charge is -2.25. The third-order valence-electron chi connectivity index (χ3n) is 4.94. The number of nitrogens with one attached hydrogen (secondary N) is 1. The zero-order valence-electron chi connectivity index (χ0n) is 14.9. The summed E-state index contributed by atoms with van der Waals surface area (Å²) < 4.78 is 40.9. The Morgan fingerprint density at radius 2 is 1.89 bits per heavy atom.